The van der Waals surface area contributed by atoms with E-state index in [1.165, 1.54) is 0 Å². The molecule has 4 nitrogen and oxygen atoms in total. The number of hydrogen-bond donors (Lipinski definition) is 2. The second-order valence-corrected chi connectivity index (χ2v) is 4.21. The first kappa shape index (κ1) is 13.4. The molecule has 1 unspecified atom stereocenters. The van der Waals surface area contributed by atoms with Gasteiger partial charge in [0.1, 0.15) is 0 Å². The molecule has 0 aliphatic rings. The smallest absolute Gasteiger partial charge is 0.317 e. The normalized spacial score (nSPS) is 15.9. The van der Waals surface area contributed by atoms with E-state index in [0.29, 0.717) is 13.1 Å². The highest BCUT2D eigenvalue weighted by atomic mass is 16.4. The summed E-state index contributed by atoms with van der Waals surface area (Å²) < 4.78 is 0. The van der Waals surface area contributed by atoms with Gasteiger partial charge in [-0.2, -0.15) is 0 Å². The van der Waals surface area contributed by atoms with Gasteiger partial charge >= 0.3 is 5.97 Å². The van der Waals surface area contributed by atoms with Gasteiger partial charge in [0.25, 0.3) is 0 Å². The average Bonchev–Trinajstić information content (AvgIpc) is 2.01. The second kappa shape index (κ2) is 5.32. The number of carbonyl (C=O) groups is 1. The zero-order chi connectivity index (χ0) is 11.4. The summed E-state index contributed by atoms with van der Waals surface area (Å²) in [6, 6.07) is 0. The van der Waals surface area contributed by atoms with Crippen LogP contribution in [0.3, 0.4) is 0 Å². The standard InChI is InChI=1S/C10H21NO3/c1-5-11(6-9(12)13)7-10(4,14)8(2)3/h8,14H,5-7H2,1-4H3,(H,12,13). The molecule has 0 saturated carbocycles. The van der Waals surface area contributed by atoms with Gasteiger partial charge in [-0.15, -0.1) is 0 Å². The summed E-state index contributed by atoms with van der Waals surface area (Å²) >= 11 is 0. The molecule has 0 fully saturated rings. The quantitative estimate of drug-likeness (QED) is 0.670. The van der Waals surface area contributed by atoms with Crippen LogP contribution < -0.4 is 0 Å². The number of carboxylic acids is 1. The molecule has 14 heavy (non-hydrogen) atoms. The van der Waals surface area contributed by atoms with Gasteiger partial charge in [-0.25, -0.2) is 0 Å². The first-order valence-corrected chi connectivity index (χ1v) is 4.96. The molecule has 0 aromatic carbocycles. The summed E-state index contributed by atoms with van der Waals surface area (Å²) in [6.07, 6.45) is 0. The van der Waals surface area contributed by atoms with Crippen LogP contribution in [-0.2, 0) is 4.79 Å². The van der Waals surface area contributed by atoms with Crippen LogP contribution in [0.4, 0.5) is 0 Å². The van der Waals surface area contributed by atoms with Crippen molar-refractivity contribution in [1.29, 1.82) is 0 Å². The van der Waals surface area contributed by atoms with E-state index in [1.807, 2.05) is 20.8 Å². The SMILES string of the molecule is CCN(CC(=O)O)CC(C)(O)C(C)C. The van der Waals surface area contributed by atoms with E-state index in [-0.39, 0.29) is 12.5 Å². The van der Waals surface area contributed by atoms with Gasteiger partial charge in [-0.3, -0.25) is 9.69 Å². The molecule has 0 spiro atoms. The highest BCUT2D eigenvalue weighted by molar-refractivity contribution is 5.69. The maximum atomic E-state index is 10.5. The van der Waals surface area contributed by atoms with Crippen molar-refractivity contribution in [3.63, 3.8) is 0 Å². The van der Waals surface area contributed by atoms with Crippen LogP contribution in [0.25, 0.3) is 0 Å². The number of carboxylic acid groups (broad SMARTS) is 1. The van der Waals surface area contributed by atoms with Gasteiger partial charge in [0.15, 0.2) is 0 Å². The third-order valence-electron chi connectivity index (χ3n) is 2.59. The zero-order valence-electron chi connectivity index (χ0n) is 9.45. The van der Waals surface area contributed by atoms with Crippen molar-refractivity contribution in [2.45, 2.75) is 33.3 Å². The number of rotatable bonds is 6. The monoisotopic (exact) mass is 203 g/mol. The molecule has 1 atom stereocenters. The Bertz CT molecular complexity index is 190. The largest absolute Gasteiger partial charge is 0.480 e. The predicted molar refractivity (Wildman–Crippen MR) is 55.2 cm³/mol. The number of hydrogen-bond acceptors (Lipinski definition) is 3. The highest BCUT2D eigenvalue weighted by Gasteiger charge is 2.27. The number of aliphatic carboxylic acids is 1. The maximum absolute atomic E-state index is 10.5. The molecule has 0 heterocycles. The molecular weight excluding hydrogens is 182 g/mol. The van der Waals surface area contributed by atoms with E-state index in [1.54, 1.807) is 11.8 Å². The van der Waals surface area contributed by atoms with Crippen molar-refractivity contribution in [3.05, 3.63) is 0 Å². The summed E-state index contributed by atoms with van der Waals surface area (Å²) in [5.41, 5.74) is -0.828. The maximum Gasteiger partial charge on any atom is 0.317 e. The lowest BCUT2D eigenvalue weighted by Crippen LogP contribution is -2.46. The molecule has 0 aliphatic heterocycles. The van der Waals surface area contributed by atoms with E-state index in [9.17, 15) is 9.90 Å². The molecule has 4 heteroatoms. The van der Waals surface area contributed by atoms with Crippen molar-refractivity contribution in [3.8, 4) is 0 Å². The lowest BCUT2D eigenvalue weighted by atomic mass is 9.92. The highest BCUT2D eigenvalue weighted by Crippen LogP contribution is 2.17. The minimum absolute atomic E-state index is 0.0145. The fraction of sp³-hybridized carbons (Fsp3) is 0.900. The minimum atomic E-state index is -0.855. The number of aliphatic hydroxyl groups is 1. The molecule has 2 N–H and O–H groups in total. The minimum Gasteiger partial charge on any atom is -0.480 e. The number of likely N-dealkylation sites (N-methyl/N-ethyl adjacent to an activating group) is 1. The molecule has 0 saturated heterocycles. The first-order valence-electron chi connectivity index (χ1n) is 4.96. The molecule has 84 valence electrons. The lowest BCUT2D eigenvalue weighted by molar-refractivity contribution is -0.139. The van der Waals surface area contributed by atoms with Crippen molar-refractivity contribution >= 4 is 5.97 Å². The van der Waals surface area contributed by atoms with Crippen LogP contribution in [0.2, 0.25) is 0 Å². The molecule has 0 radical (unpaired) electrons. The summed E-state index contributed by atoms with van der Waals surface area (Å²) in [4.78, 5) is 12.2. The molecule has 0 aliphatic carbocycles. The Morgan fingerprint density at radius 3 is 2.29 bits per heavy atom. The molecular formula is C10H21NO3. The predicted octanol–water partition coefficient (Wildman–Crippen LogP) is 0.800. The van der Waals surface area contributed by atoms with Crippen LogP contribution in [0.15, 0.2) is 0 Å². The van der Waals surface area contributed by atoms with E-state index >= 15 is 0 Å². The number of nitrogens with zero attached hydrogens (tertiary/aromatic N) is 1. The van der Waals surface area contributed by atoms with E-state index in [0.717, 1.165) is 0 Å². The van der Waals surface area contributed by atoms with Crippen LogP contribution >= 0.6 is 0 Å². The average molecular weight is 203 g/mol. The summed E-state index contributed by atoms with van der Waals surface area (Å²) in [6.45, 7) is 8.49. The Balaban J connectivity index is 4.23. The topological polar surface area (TPSA) is 60.8 Å². The van der Waals surface area contributed by atoms with E-state index in [2.05, 4.69) is 0 Å². The lowest BCUT2D eigenvalue weighted by Gasteiger charge is -2.33. The van der Waals surface area contributed by atoms with E-state index in [4.69, 9.17) is 5.11 Å². The molecule has 0 aromatic rings. The van der Waals surface area contributed by atoms with Crippen LogP contribution in [0, 0.1) is 5.92 Å². The van der Waals surface area contributed by atoms with Crippen molar-refractivity contribution in [2.24, 2.45) is 5.92 Å². The zero-order valence-corrected chi connectivity index (χ0v) is 9.45. The van der Waals surface area contributed by atoms with Gasteiger partial charge in [0.05, 0.1) is 12.1 Å². The van der Waals surface area contributed by atoms with Crippen LogP contribution in [0.5, 0.6) is 0 Å². The Labute approximate surface area is 85.5 Å². The molecule has 0 rings (SSSR count). The molecule has 0 aromatic heterocycles. The molecule has 0 amide bonds. The summed E-state index contributed by atoms with van der Waals surface area (Å²) in [5.74, 6) is -0.739. The summed E-state index contributed by atoms with van der Waals surface area (Å²) in [7, 11) is 0. The summed E-state index contributed by atoms with van der Waals surface area (Å²) in [5, 5.41) is 18.6. The van der Waals surface area contributed by atoms with Gasteiger partial charge in [-0.1, -0.05) is 20.8 Å². The Morgan fingerprint density at radius 1 is 1.50 bits per heavy atom. The van der Waals surface area contributed by atoms with Gasteiger partial charge < -0.3 is 10.2 Å². The Hall–Kier alpha value is -0.610. The van der Waals surface area contributed by atoms with Crippen LogP contribution in [0.1, 0.15) is 27.7 Å². The van der Waals surface area contributed by atoms with Crippen molar-refractivity contribution in [1.82, 2.24) is 4.90 Å². The first-order chi connectivity index (χ1) is 6.29. The fourth-order valence-corrected chi connectivity index (χ4v) is 1.11. The third-order valence-corrected chi connectivity index (χ3v) is 2.59. The third kappa shape index (κ3) is 4.58. The van der Waals surface area contributed by atoms with Gasteiger partial charge in [0.2, 0.25) is 0 Å². The van der Waals surface area contributed by atoms with Crippen molar-refractivity contribution in [2.75, 3.05) is 19.6 Å². The fourth-order valence-electron chi connectivity index (χ4n) is 1.11. The van der Waals surface area contributed by atoms with E-state index < -0.39 is 11.6 Å². The Morgan fingerprint density at radius 2 is 2.00 bits per heavy atom. The Kier molecular flexibility index (Phi) is 5.08. The van der Waals surface area contributed by atoms with Gasteiger partial charge in [0, 0.05) is 6.54 Å². The second-order valence-electron chi connectivity index (χ2n) is 4.21. The van der Waals surface area contributed by atoms with Crippen molar-refractivity contribution < 1.29 is 15.0 Å². The van der Waals surface area contributed by atoms with Gasteiger partial charge in [-0.05, 0) is 19.4 Å². The molecule has 0 bridgehead atoms. The van der Waals surface area contributed by atoms with Crippen LogP contribution in [-0.4, -0.2) is 46.3 Å².